The molecule has 5 heteroatoms. The maximum atomic E-state index is 13.3. The maximum absolute atomic E-state index is 13.3. The Hall–Kier alpha value is -3.37. The fourth-order valence-corrected chi connectivity index (χ4v) is 3.28. The highest BCUT2D eigenvalue weighted by Crippen LogP contribution is 2.29. The quantitative estimate of drug-likeness (QED) is 0.560. The minimum absolute atomic E-state index is 0.164. The van der Waals surface area contributed by atoms with Crippen molar-refractivity contribution in [3.63, 3.8) is 0 Å². The summed E-state index contributed by atoms with van der Waals surface area (Å²) in [5, 5.41) is 0.621. The zero-order valence-corrected chi connectivity index (χ0v) is 17.0. The molecule has 0 spiro atoms. The van der Waals surface area contributed by atoms with Gasteiger partial charge in [-0.25, -0.2) is 4.99 Å². The van der Waals surface area contributed by atoms with Crippen LogP contribution in [0.3, 0.4) is 0 Å². The van der Waals surface area contributed by atoms with Gasteiger partial charge in [-0.15, -0.1) is 0 Å². The number of hydrogen-bond acceptors (Lipinski definition) is 3. The minimum atomic E-state index is -0.164. The first-order valence-electron chi connectivity index (χ1n) is 9.26. The lowest BCUT2D eigenvalue weighted by molar-refractivity contribution is -0.113. The van der Waals surface area contributed by atoms with E-state index in [2.05, 4.69) is 4.99 Å². The predicted octanol–water partition coefficient (Wildman–Crippen LogP) is 5.24. The van der Waals surface area contributed by atoms with E-state index in [0.29, 0.717) is 16.6 Å². The van der Waals surface area contributed by atoms with Crippen molar-refractivity contribution in [2.45, 2.75) is 0 Å². The van der Waals surface area contributed by atoms with Crippen molar-refractivity contribution < 1.29 is 4.79 Å². The molecule has 1 aliphatic heterocycles. The molecule has 0 atom stereocenters. The van der Waals surface area contributed by atoms with Crippen LogP contribution < -0.4 is 9.80 Å². The molecule has 0 fully saturated rings. The number of hydrogen-bond donors (Lipinski definition) is 0. The Bertz CT molecular complexity index is 1090. The first-order valence-corrected chi connectivity index (χ1v) is 9.64. The van der Waals surface area contributed by atoms with Crippen molar-refractivity contribution in [1.82, 2.24) is 0 Å². The molecule has 3 aromatic rings. The average molecular weight is 402 g/mol. The molecule has 1 aliphatic rings. The third-order valence-corrected chi connectivity index (χ3v) is 4.94. The summed E-state index contributed by atoms with van der Waals surface area (Å²) in [6.07, 6.45) is 1.82. The van der Waals surface area contributed by atoms with Crippen LogP contribution in [0.15, 0.2) is 89.6 Å². The molecule has 29 heavy (non-hydrogen) atoms. The molecule has 0 saturated heterocycles. The fraction of sp³-hybridized carbons (Fsp3) is 0.0833. The van der Waals surface area contributed by atoms with Gasteiger partial charge >= 0.3 is 0 Å². The van der Waals surface area contributed by atoms with Crippen molar-refractivity contribution >= 4 is 40.8 Å². The van der Waals surface area contributed by atoms with Gasteiger partial charge in [-0.2, -0.15) is 0 Å². The Balaban J connectivity index is 1.76. The summed E-state index contributed by atoms with van der Waals surface area (Å²) in [7, 11) is 3.99. The minimum Gasteiger partial charge on any atom is -0.378 e. The van der Waals surface area contributed by atoms with E-state index in [0.717, 1.165) is 22.5 Å². The summed E-state index contributed by atoms with van der Waals surface area (Å²) < 4.78 is 0. The van der Waals surface area contributed by atoms with Gasteiger partial charge in [-0.3, -0.25) is 9.69 Å². The monoisotopic (exact) mass is 401 g/mol. The van der Waals surface area contributed by atoms with Gasteiger partial charge in [-0.05, 0) is 48.0 Å². The normalized spacial score (nSPS) is 15.0. The second kappa shape index (κ2) is 7.94. The smallest absolute Gasteiger partial charge is 0.282 e. The van der Waals surface area contributed by atoms with E-state index in [-0.39, 0.29) is 5.91 Å². The first kappa shape index (κ1) is 19.0. The molecule has 1 amide bonds. The summed E-state index contributed by atoms with van der Waals surface area (Å²) in [5.74, 6) is 0.442. The van der Waals surface area contributed by atoms with Crippen molar-refractivity contribution in [2.24, 2.45) is 4.99 Å². The van der Waals surface area contributed by atoms with E-state index in [4.69, 9.17) is 11.6 Å². The molecule has 0 aliphatic carbocycles. The van der Waals surface area contributed by atoms with Gasteiger partial charge in [0.1, 0.15) is 11.5 Å². The van der Waals surface area contributed by atoms with Gasteiger partial charge in [0.05, 0.1) is 5.69 Å². The maximum Gasteiger partial charge on any atom is 0.282 e. The molecule has 0 aromatic heterocycles. The Morgan fingerprint density at radius 2 is 1.55 bits per heavy atom. The van der Waals surface area contributed by atoms with Gasteiger partial charge in [0.25, 0.3) is 5.91 Å². The van der Waals surface area contributed by atoms with E-state index in [1.807, 2.05) is 91.8 Å². The molecule has 0 radical (unpaired) electrons. The number of benzene rings is 3. The van der Waals surface area contributed by atoms with Crippen LogP contribution in [0.25, 0.3) is 6.08 Å². The van der Waals surface area contributed by atoms with Crippen molar-refractivity contribution in [2.75, 3.05) is 23.9 Å². The molecular formula is C24H20ClN3O. The Morgan fingerprint density at radius 1 is 0.897 bits per heavy atom. The Labute approximate surface area is 175 Å². The van der Waals surface area contributed by atoms with Crippen molar-refractivity contribution in [3.05, 3.63) is 101 Å². The van der Waals surface area contributed by atoms with Gasteiger partial charge in [0.2, 0.25) is 0 Å². The number of halogens is 1. The van der Waals surface area contributed by atoms with Gasteiger partial charge in [0.15, 0.2) is 0 Å². The molecular weight excluding hydrogens is 382 g/mol. The summed E-state index contributed by atoms with van der Waals surface area (Å²) in [4.78, 5) is 21.6. The highest BCUT2D eigenvalue weighted by atomic mass is 35.5. The number of nitrogens with zero attached hydrogens (tertiary/aromatic N) is 3. The van der Waals surface area contributed by atoms with Crippen LogP contribution in [-0.4, -0.2) is 25.8 Å². The number of carbonyl (C=O) groups excluding carboxylic acids is 1. The molecule has 144 valence electrons. The number of anilines is 2. The van der Waals surface area contributed by atoms with Crippen LogP contribution in [0.5, 0.6) is 0 Å². The number of amides is 1. The number of carbonyl (C=O) groups is 1. The van der Waals surface area contributed by atoms with Crippen LogP contribution in [0.1, 0.15) is 11.1 Å². The standard InChI is InChI=1S/C24H20ClN3O/c1-27(2)20-12-8-17(9-13-20)16-22-24(29)28(21-14-10-19(25)11-15-21)23(26-22)18-6-4-3-5-7-18/h3-16H,1-2H3/b22-16+. The Morgan fingerprint density at radius 3 is 2.17 bits per heavy atom. The number of aliphatic imine (C=N–C) groups is 1. The van der Waals surface area contributed by atoms with E-state index in [9.17, 15) is 4.79 Å². The topological polar surface area (TPSA) is 35.9 Å². The zero-order valence-electron chi connectivity index (χ0n) is 16.2. The molecule has 0 N–H and O–H groups in total. The lowest BCUT2D eigenvalue weighted by atomic mass is 10.1. The van der Waals surface area contributed by atoms with Crippen LogP contribution in [0.2, 0.25) is 5.02 Å². The predicted molar refractivity (Wildman–Crippen MR) is 121 cm³/mol. The summed E-state index contributed by atoms with van der Waals surface area (Å²) in [6, 6.07) is 24.9. The SMILES string of the molecule is CN(C)c1ccc(/C=C2/N=C(c3ccccc3)N(c3ccc(Cl)cc3)C2=O)cc1. The highest BCUT2D eigenvalue weighted by Gasteiger charge is 2.32. The molecule has 0 unspecified atom stereocenters. The molecule has 1 heterocycles. The second-order valence-electron chi connectivity index (χ2n) is 6.93. The zero-order chi connectivity index (χ0) is 20.4. The molecule has 4 nitrogen and oxygen atoms in total. The molecule has 4 rings (SSSR count). The van der Waals surface area contributed by atoms with Crippen LogP contribution >= 0.6 is 11.6 Å². The largest absolute Gasteiger partial charge is 0.378 e. The molecule has 0 bridgehead atoms. The summed E-state index contributed by atoms with van der Waals surface area (Å²) in [5.41, 5.74) is 4.03. The Kier molecular flexibility index (Phi) is 5.19. The van der Waals surface area contributed by atoms with Gasteiger partial charge in [0, 0.05) is 30.4 Å². The highest BCUT2D eigenvalue weighted by molar-refractivity contribution is 6.33. The lowest BCUT2D eigenvalue weighted by Gasteiger charge is -2.18. The van der Waals surface area contributed by atoms with Gasteiger partial charge < -0.3 is 4.90 Å². The third-order valence-electron chi connectivity index (χ3n) is 4.69. The van der Waals surface area contributed by atoms with E-state index < -0.39 is 0 Å². The van der Waals surface area contributed by atoms with Crippen molar-refractivity contribution in [3.8, 4) is 0 Å². The summed E-state index contributed by atoms with van der Waals surface area (Å²) in [6.45, 7) is 0. The lowest BCUT2D eigenvalue weighted by Crippen LogP contribution is -2.32. The fourth-order valence-electron chi connectivity index (χ4n) is 3.15. The molecule has 0 saturated carbocycles. The van der Waals surface area contributed by atoms with Crippen molar-refractivity contribution in [1.29, 1.82) is 0 Å². The third kappa shape index (κ3) is 3.93. The van der Waals surface area contributed by atoms with Crippen LogP contribution in [-0.2, 0) is 4.79 Å². The molecule has 3 aromatic carbocycles. The second-order valence-corrected chi connectivity index (χ2v) is 7.37. The van der Waals surface area contributed by atoms with E-state index in [1.165, 1.54) is 0 Å². The van der Waals surface area contributed by atoms with E-state index in [1.54, 1.807) is 17.0 Å². The first-order chi connectivity index (χ1) is 14.0. The average Bonchev–Trinajstić information content (AvgIpc) is 3.06. The summed E-state index contributed by atoms with van der Waals surface area (Å²) >= 11 is 6.03. The van der Waals surface area contributed by atoms with E-state index >= 15 is 0 Å². The van der Waals surface area contributed by atoms with Gasteiger partial charge in [-0.1, -0.05) is 54.1 Å². The van der Waals surface area contributed by atoms with Crippen LogP contribution in [0.4, 0.5) is 11.4 Å². The van der Waals surface area contributed by atoms with Crippen LogP contribution in [0, 0.1) is 0 Å². The number of amidine groups is 1. The number of rotatable bonds is 4.